The van der Waals surface area contributed by atoms with Gasteiger partial charge in [0.05, 0.1) is 5.69 Å². The van der Waals surface area contributed by atoms with Crippen molar-refractivity contribution in [2.24, 2.45) is 0 Å². The molecule has 0 bridgehead atoms. The van der Waals surface area contributed by atoms with Gasteiger partial charge in [0.25, 0.3) is 0 Å². The van der Waals surface area contributed by atoms with Gasteiger partial charge in [0.15, 0.2) is 0 Å². The molecule has 1 aliphatic rings. The minimum absolute atomic E-state index is 0.454. The topological polar surface area (TPSA) is 24.9 Å². The normalized spacial score (nSPS) is 14.7. The van der Waals surface area contributed by atoms with Gasteiger partial charge >= 0.3 is 0 Å². The van der Waals surface area contributed by atoms with Crippen LogP contribution in [0.2, 0.25) is 0 Å². The molecule has 0 fully saturated rings. The van der Waals surface area contributed by atoms with Crippen LogP contribution in [0.15, 0.2) is 78.8 Å². The molecule has 3 aromatic rings. The number of nitrogens with zero attached hydrogens (tertiary/aromatic N) is 1. The number of aromatic nitrogens is 1. The summed E-state index contributed by atoms with van der Waals surface area (Å²) >= 11 is 0. The van der Waals surface area contributed by atoms with Crippen LogP contribution in [0.5, 0.6) is 0 Å². The second-order valence-corrected chi connectivity index (χ2v) is 11.4. The van der Waals surface area contributed by atoms with E-state index in [-0.39, 0.29) is 0 Å². The molecule has 0 saturated heterocycles. The predicted octanol–water partition coefficient (Wildman–Crippen LogP) is 9.78. The first-order valence-electron chi connectivity index (χ1n) is 13.8. The molecule has 0 unspecified atom stereocenters. The van der Waals surface area contributed by atoms with Crippen LogP contribution in [0.3, 0.4) is 0 Å². The minimum atomic E-state index is 0.454. The van der Waals surface area contributed by atoms with E-state index in [0.29, 0.717) is 23.7 Å². The number of hydrogen-bond donors (Lipinski definition) is 1. The zero-order valence-corrected chi connectivity index (χ0v) is 23.8. The smallest absolute Gasteiger partial charge is 0.0656 e. The van der Waals surface area contributed by atoms with E-state index in [9.17, 15) is 0 Å². The highest BCUT2D eigenvalue weighted by atomic mass is 14.9. The third-order valence-corrected chi connectivity index (χ3v) is 7.23. The van der Waals surface area contributed by atoms with Crippen LogP contribution >= 0.6 is 0 Å². The van der Waals surface area contributed by atoms with E-state index in [1.807, 2.05) is 6.20 Å². The lowest BCUT2D eigenvalue weighted by atomic mass is 9.84. The van der Waals surface area contributed by atoms with Gasteiger partial charge in [-0.05, 0) is 98.5 Å². The van der Waals surface area contributed by atoms with E-state index in [1.165, 1.54) is 44.5 Å². The number of benzene rings is 2. The number of rotatable bonds is 7. The predicted molar refractivity (Wildman–Crippen MR) is 161 cm³/mol. The van der Waals surface area contributed by atoms with Gasteiger partial charge in [0.2, 0.25) is 0 Å². The fraction of sp³-hybridized carbons (Fsp3) is 0.343. The Morgan fingerprint density at radius 1 is 0.676 bits per heavy atom. The summed E-state index contributed by atoms with van der Waals surface area (Å²) in [6, 6.07) is 17.9. The van der Waals surface area contributed by atoms with E-state index < -0.39 is 0 Å². The van der Waals surface area contributed by atoms with E-state index >= 15 is 0 Å². The highest BCUT2D eigenvalue weighted by molar-refractivity contribution is 5.83. The van der Waals surface area contributed by atoms with E-state index in [2.05, 4.69) is 134 Å². The molecule has 0 spiro atoms. The van der Waals surface area contributed by atoms with Gasteiger partial charge in [-0.2, -0.15) is 0 Å². The van der Waals surface area contributed by atoms with E-state index in [0.717, 1.165) is 11.4 Å². The molecule has 2 heterocycles. The number of allylic oxidation sites excluding steroid dienone is 3. The average Bonchev–Trinajstić information content (AvgIpc) is 2.87. The number of pyridine rings is 1. The van der Waals surface area contributed by atoms with E-state index in [4.69, 9.17) is 4.98 Å². The van der Waals surface area contributed by atoms with Crippen LogP contribution in [0.4, 0.5) is 0 Å². The van der Waals surface area contributed by atoms with Gasteiger partial charge < -0.3 is 5.32 Å². The van der Waals surface area contributed by atoms with Gasteiger partial charge in [-0.1, -0.05) is 91.8 Å². The van der Waals surface area contributed by atoms with Crippen molar-refractivity contribution < 1.29 is 0 Å². The van der Waals surface area contributed by atoms with Crippen LogP contribution in [0.1, 0.15) is 113 Å². The lowest BCUT2D eigenvalue weighted by Crippen LogP contribution is -2.10. The highest BCUT2D eigenvalue weighted by Gasteiger charge is 2.18. The largest absolute Gasteiger partial charge is 0.362 e. The van der Waals surface area contributed by atoms with Gasteiger partial charge in [-0.3, -0.25) is 4.98 Å². The summed E-state index contributed by atoms with van der Waals surface area (Å²) < 4.78 is 0. The maximum atomic E-state index is 4.73. The SMILES string of the molecule is CC(C)c1cccc(C(C)C)c1C1=CC(=Cc2cc(-c3c(C(C)C)cccc3C(C)C)ccn2)NC=C1. The Bertz CT molecular complexity index is 1300. The Kier molecular flexibility index (Phi) is 8.17. The molecule has 0 amide bonds. The molecular weight excluding hydrogens is 448 g/mol. The summed E-state index contributed by atoms with van der Waals surface area (Å²) in [7, 11) is 0. The first-order valence-corrected chi connectivity index (χ1v) is 13.8. The Morgan fingerprint density at radius 3 is 1.70 bits per heavy atom. The monoisotopic (exact) mass is 490 g/mol. The Hall–Kier alpha value is -3.39. The zero-order valence-electron chi connectivity index (χ0n) is 23.8. The number of nitrogens with one attached hydrogen (secondary N) is 1. The van der Waals surface area contributed by atoms with Crippen molar-refractivity contribution in [1.29, 1.82) is 0 Å². The van der Waals surface area contributed by atoms with E-state index in [1.54, 1.807) is 0 Å². The molecular formula is C35H42N2. The summed E-state index contributed by atoms with van der Waals surface area (Å²) in [4.78, 5) is 4.73. The van der Waals surface area contributed by atoms with Crippen LogP contribution in [-0.2, 0) is 0 Å². The Morgan fingerprint density at radius 2 is 1.19 bits per heavy atom. The molecule has 37 heavy (non-hydrogen) atoms. The first-order chi connectivity index (χ1) is 17.7. The van der Waals surface area contributed by atoms with Crippen molar-refractivity contribution in [3.63, 3.8) is 0 Å². The molecule has 1 aromatic heterocycles. The van der Waals surface area contributed by atoms with Crippen molar-refractivity contribution in [2.45, 2.75) is 79.1 Å². The summed E-state index contributed by atoms with van der Waals surface area (Å²) in [5, 5.41) is 3.45. The minimum Gasteiger partial charge on any atom is -0.362 e. The average molecular weight is 491 g/mol. The fourth-order valence-electron chi connectivity index (χ4n) is 5.33. The summed E-state index contributed by atoms with van der Waals surface area (Å²) in [5.41, 5.74) is 12.8. The Balaban J connectivity index is 1.79. The summed E-state index contributed by atoms with van der Waals surface area (Å²) in [5.74, 6) is 1.82. The lowest BCUT2D eigenvalue weighted by Gasteiger charge is -2.22. The molecule has 0 saturated carbocycles. The number of hydrogen-bond acceptors (Lipinski definition) is 2. The molecule has 0 atom stereocenters. The molecule has 0 radical (unpaired) electrons. The van der Waals surface area contributed by atoms with Crippen molar-refractivity contribution >= 4 is 11.6 Å². The summed E-state index contributed by atoms with van der Waals surface area (Å²) in [6.07, 6.45) is 10.6. The lowest BCUT2D eigenvalue weighted by molar-refractivity contribution is 0.827. The Labute approximate surface area is 224 Å². The molecule has 2 nitrogen and oxygen atoms in total. The summed E-state index contributed by atoms with van der Waals surface area (Å²) in [6.45, 7) is 18.2. The maximum absolute atomic E-state index is 4.73. The molecule has 2 heteroatoms. The van der Waals surface area contributed by atoms with Gasteiger partial charge in [-0.25, -0.2) is 0 Å². The zero-order chi connectivity index (χ0) is 26.7. The van der Waals surface area contributed by atoms with Crippen LogP contribution < -0.4 is 5.32 Å². The standard InChI is InChI=1S/C35H42N2/c1-22(2)30-11-9-12-31(23(3)4)34(30)26-15-17-36-28(19-26)21-29-20-27(16-18-37-29)35-32(24(5)6)13-10-14-33(35)25(7)8/h9-25,36H,1-8H3. The van der Waals surface area contributed by atoms with Gasteiger partial charge in [-0.15, -0.1) is 0 Å². The molecule has 0 aliphatic carbocycles. The second-order valence-electron chi connectivity index (χ2n) is 11.4. The van der Waals surface area contributed by atoms with Crippen molar-refractivity contribution in [3.8, 4) is 11.1 Å². The quantitative estimate of drug-likeness (QED) is 0.356. The van der Waals surface area contributed by atoms with Crippen LogP contribution in [-0.4, -0.2) is 4.98 Å². The van der Waals surface area contributed by atoms with Crippen LogP contribution in [0.25, 0.3) is 22.8 Å². The fourth-order valence-corrected chi connectivity index (χ4v) is 5.33. The molecule has 1 N–H and O–H groups in total. The second kappa shape index (κ2) is 11.3. The molecule has 1 aliphatic heterocycles. The van der Waals surface area contributed by atoms with Crippen LogP contribution in [0, 0.1) is 0 Å². The van der Waals surface area contributed by atoms with Crippen molar-refractivity contribution in [1.82, 2.24) is 10.3 Å². The highest BCUT2D eigenvalue weighted by Crippen LogP contribution is 2.37. The van der Waals surface area contributed by atoms with Gasteiger partial charge in [0.1, 0.15) is 0 Å². The third-order valence-electron chi connectivity index (χ3n) is 7.23. The van der Waals surface area contributed by atoms with Crippen molar-refractivity contribution in [3.05, 3.63) is 112 Å². The molecule has 2 aromatic carbocycles. The van der Waals surface area contributed by atoms with Gasteiger partial charge in [0, 0.05) is 18.1 Å². The molecule has 192 valence electrons. The maximum Gasteiger partial charge on any atom is 0.0656 e. The number of dihydropyridines is 1. The third kappa shape index (κ3) is 5.80. The first kappa shape index (κ1) is 26.7. The van der Waals surface area contributed by atoms with Crippen molar-refractivity contribution in [2.75, 3.05) is 0 Å². The molecule has 4 rings (SSSR count).